The van der Waals surface area contributed by atoms with Crippen LogP contribution in [0.15, 0.2) is 40.5 Å². The Morgan fingerprint density at radius 3 is 3.06 bits per heavy atom. The van der Waals surface area contributed by atoms with E-state index in [4.69, 9.17) is 16.0 Å². The fraction of sp³-hybridized carbons (Fsp3) is 0.154. The molecular formula is C13H11ClN2OS. The Morgan fingerprint density at radius 2 is 2.28 bits per heavy atom. The van der Waals surface area contributed by atoms with E-state index in [-0.39, 0.29) is 6.04 Å². The molecule has 2 aromatic heterocycles. The standard InChI is InChI=1S/C13H11ClN2OS/c1-8(10-3-2-6-17-10)16-12-9(14)4-5-11-13(12)15-7-18-11/h2-8,16H,1H3. The van der Waals surface area contributed by atoms with Gasteiger partial charge in [-0.25, -0.2) is 4.98 Å². The number of halogens is 1. The second-order valence-corrected chi connectivity index (χ2v) is 5.30. The lowest BCUT2D eigenvalue weighted by Gasteiger charge is -2.14. The molecule has 0 amide bonds. The molecule has 18 heavy (non-hydrogen) atoms. The van der Waals surface area contributed by atoms with E-state index in [9.17, 15) is 0 Å². The van der Waals surface area contributed by atoms with Gasteiger partial charge in [-0.3, -0.25) is 0 Å². The average molecular weight is 279 g/mol. The molecule has 0 saturated heterocycles. The summed E-state index contributed by atoms with van der Waals surface area (Å²) in [4.78, 5) is 4.35. The predicted molar refractivity (Wildman–Crippen MR) is 75.4 cm³/mol. The molecule has 1 N–H and O–H groups in total. The van der Waals surface area contributed by atoms with Crippen LogP contribution in [-0.4, -0.2) is 4.98 Å². The van der Waals surface area contributed by atoms with Crippen molar-refractivity contribution in [1.82, 2.24) is 4.98 Å². The van der Waals surface area contributed by atoms with Crippen molar-refractivity contribution < 1.29 is 4.42 Å². The highest BCUT2D eigenvalue weighted by Crippen LogP contribution is 2.34. The molecule has 0 bridgehead atoms. The van der Waals surface area contributed by atoms with Crippen LogP contribution in [0.4, 0.5) is 5.69 Å². The number of hydrogen-bond acceptors (Lipinski definition) is 4. The van der Waals surface area contributed by atoms with Gasteiger partial charge in [0.2, 0.25) is 0 Å². The number of thiazole rings is 1. The molecule has 0 aliphatic heterocycles. The van der Waals surface area contributed by atoms with Gasteiger partial charge in [0.05, 0.1) is 33.2 Å². The maximum absolute atomic E-state index is 6.24. The Morgan fingerprint density at radius 1 is 1.39 bits per heavy atom. The van der Waals surface area contributed by atoms with E-state index >= 15 is 0 Å². The van der Waals surface area contributed by atoms with Gasteiger partial charge in [0, 0.05) is 0 Å². The molecular weight excluding hydrogens is 268 g/mol. The predicted octanol–water partition coefficient (Wildman–Crippen LogP) is 4.72. The smallest absolute Gasteiger partial charge is 0.125 e. The number of benzene rings is 1. The second kappa shape index (κ2) is 4.63. The summed E-state index contributed by atoms with van der Waals surface area (Å²) in [7, 11) is 0. The molecule has 5 heteroatoms. The highest BCUT2D eigenvalue weighted by Gasteiger charge is 2.13. The number of furan rings is 1. The largest absolute Gasteiger partial charge is 0.467 e. The Hall–Kier alpha value is -1.52. The summed E-state index contributed by atoms with van der Waals surface area (Å²) in [6.07, 6.45) is 1.67. The normalized spacial score (nSPS) is 12.8. The van der Waals surface area contributed by atoms with Crippen molar-refractivity contribution in [3.63, 3.8) is 0 Å². The van der Waals surface area contributed by atoms with Crippen LogP contribution in [0.5, 0.6) is 0 Å². The van der Waals surface area contributed by atoms with Gasteiger partial charge in [0.1, 0.15) is 11.3 Å². The van der Waals surface area contributed by atoms with Gasteiger partial charge in [-0.2, -0.15) is 0 Å². The van der Waals surface area contributed by atoms with Gasteiger partial charge in [-0.1, -0.05) is 11.6 Å². The van der Waals surface area contributed by atoms with E-state index in [1.54, 1.807) is 17.6 Å². The van der Waals surface area contributed by atoms with Crippen LogP contribution in [0.3, 0.4) is 0 Å². The van der Waals surface area contributed by atoms with Crippen LogP contribution in [0, 0.1) is 0 Å². The number of anilines is 1. The molecule has 0 spiro atoms. The third-order valence-electron chi connectivity index (χ3n) is 2.78. The number of fused-ring (bicyclic) bond motifs is 1. The first-order valence-electron chi connectivity index (χ1n) is 5.57. The number of hydrogen-bond donors (Lipinski definition) is 1. The van der Waals surface area contributed by atoms with Crippen molar-refractivity contribution in [3.8, 4) is 0 Å². The van der Waals surface area contributed by atoms with Crippen molar-refractivity contribution in [3.05, 3.63) is 46.8 Å². The maximum Gasteiger partial charge on any atom is 0.125 e. The molecule has 0 aliphatic carbocycles. The minimum atomic E-state index is 0.0461. The monoisotopic (exact) mass is 278 g/mol. The van der Waals surface area contributed by atoms with E-state index in [1.165, 1.54) is 0 Å². The molecule has 3 aromatic rings. The lowest BCUT2D eigenvalue weighted by molar-refractivity contribution is 0.491. The van der Waals surface area contributed by atoms with Gasteiger partial charge in [0.25, 0.3) is 0 Å². The van der Waals surface area contributed by atoms with Crippen LogP contribution < -0.4 is 5.32 Å². The zero-order chi connectivity index (χ0) is 12.5. The van der Waals surface area contributed by atoms with Crippen LogP contribution in [0.2, 0.25) is 5.02 Å². The van der Waals surface area contributed by atoms with Crippen molar-refractivity contribution >= 4 is 38.8 Å². The molecule has 1 aromatic carbocycles. The van der Waals surface area contributed by atoms with Gasteiger partial charge in [-0.05, 0) is 31.2 Å². The van der Waals surface area contributed by atoms with E-state index in [0.29, 0.717) is 5.02 Å². The minimum Gasteiger partial charge on any atom is -0.467 e. The molecule has 2 heterocycles. The van der Waals surface area contributed by atoms with Crippen LogP contribution in [-0.2, 0) is 0 Å². The SMILES string of the molecule is CC(Nc1c(Cl)ccc2scnc12)c1ccco1. The first-order chi connectivity index (χ1) is 8.75. The number of nitrogens with zero attached hydrogens (tertiary/aromatic N) is 1. The molecule has 0 aliphatic rings. The summed E-state index contributed by atoms with van der Waals surface area (Å²) in [6.45, 7) is 2.03. The van der Waals surface area contributed by atoms with Crippen LogP contribution in [0.1, 0.15) is 18.7 Å². The van der Waals surface area contributed by atoms with Crippen molar-refractivity contribution in [1.29, 1.82) is 0 Å². The highest BCUT2D eigenvalue weighted by molar-refractivity contribution is 7.16. The first kappa shape index (κ1) is 11.6. The van der Waals surface area contributed by atoms with Crippen molar-refractivity contribution in [2.45, 2.75) is 13.0 Å². The summed E-state index contributed by atoms with van der Waals surface area (Å²) in [5.41, 5.74) is 3.59. The summed E-state index contributed by atoms with van der Waals surface area (Å²) in [5, 5.41) is 4.03. The molecule has 1 atom stereocenters. The minimum absolute atomic E-state index is 0.0461. The maximum atomic E-state index is 6.24. The molecule has 0 radical (unpaired) electrons. The van der Waals surface area contributed by atoms with Crippen LogP contribution in [0.25, 0.3) is 10.2 Å². The summed E-state index contributed by atoms with van der Waals surface area (Å²) in [6, 6.07) is 7.73. The van der Waals surface area contributed by atoms with E-state index < -0.39 is 0 Å². The Bertz CT molecular complexity index is 663. The van der Waals surface area contributed by atoms with Gasteiger partial charge in [0.15, 0.2) is 0 Å². The van der Waals surface area contributed by atoms with Crippen molar-refractivity contribution in [2.75, 3.05) is 5.32 Å². The lowest BCUT2D eigenvalue weighted by atomic mass is 10.2. The molecule has 0 saturated carbocycles. The zero-order valence-electron chi connectivity index (χ0n) is 9.68. The number of nitrogens with one attached hydrogen (secondary N) is 1. The van der Waals surface area contributed by atoms with E-state index in [1.807, 2.05) is 36.7 Å². The lowest BCUT2D eigenvalue weighted by Crippen LogP contribution is -2.06. The van der Waals surface area contributed by atoms with E-state index in [0.717, 1.165) is 21.7 Å². The molecule has 0 fully saturated rings. The Labute approximate surface area is 113 Å². The molecule has 1 unspecified atom stereocenters. The Balaban J connectivity index is 1.99. The second-order valence-electron chi connectivity index (χ2n) is 4.00. The Kier molecular flexibility index (Phi) is 2.97. The fourth-order valence-corrected chi connectivity index (χ4v) is 2.76. The number of rotatable bonds is 3. The van der Waals surface area contributed by atoms with Crippen LogP contribution >= 0.6 is 22.9 Å². The summed E-state index contributed by atoms with van der Waals surface area (Å²) >= 11 is 7.84. The first-order valence-corrected chi connectivity index (χ1v) is 6.83. The van der Waals surface area contributed by atoms with E-state index in [2.05, 4.69) is 10.3 Å². The fourth-order valence-electron chi connectivity index (χ4n) is 1.87. The summed E-state index contributed by atoms with van der Waals surface area (Å²) in [5.74, 6) is 0.873. The molecule has 92 valence electrons. The van der Waals surface area contributed by atoms with Gasteiger partial charge >= 0.3 is 0 Å². The third kappa shape index (κ3) is 1.98. The van der Waals surface area contributed by atoms with Crippen molar-refractivity contribution in [2.24, 2.45) is 0 Å². The topological polar surface area (TPSA) is 38.1 Å². The van der Waals surface area contributed by atoms with Gasteiger partial charge in [-0.15, -0.1) is 11.3 Å². The average Bonchev–Trinajstić information content (AvgIpc) is 3.02. The third-order valence-corrected chi connectivity index (χ3v) is 3.89. The zero-order valence-corrected chi connectivity index (χ0v) is 11.3. The quantitative estimate of drug-likeness (QED) is 0.753. The highest BCUT2D eigenvalue weighted by atomic mass is 35.5. The number of aromatic nitrogens is 1. The molecule has 3 rings (SSSR count). The summed E-state index contributed by atoms with van der Waals surface area (Å²) < 4.78 is 6.50. The van der Waals surface area contributed by atoms with Gasteiger partial charge < -0.3 is 9.73 Å². The molecule has 3 nitrogen and oxygen atoms in total.